The molecule has 1 amide bonds. The summed E-state index contributed by atoms with van der Waals surface area (Å²) < 4.78 is 33.0. The van der Waals surface area contributed by atoms with E-state index in [0.29, 0.717) is 0 Å². The number of hydrogen-bond donors (Lipinski definition) is 2. The van der Waals surface area contributed by atoms with Gasteiger partial charge in [-0.2, -0.15) is 0 Å². The molecule has 2 N–H and O–H groups in total. The number of carbonyl (C=O) groups excluding carboxylic acids is 1. The molecule has 0 spiro atoms. The third-order valence-electron chi connectivity index (χ3n) is 4.80. The van der Waals surface area contributed by atoms with Crippen molar-refractivity contribution in [2.75, 3.05) is 7.11 Å². The van der Waals surface area contributed by atoms with Crippen LogP contribution in [0.15, 0.2) is 35.2 Å². The lowest BCUT2D eigenvalue weighted by molar-refractivity contribution is 0.0939. The van der Waals surface area contributed by atoms with Gasteiger partial charge in [-0.3, -0.25) is 4.79 Å². The van der Waals surface area contributed by atoms with Crippen LogP contribution in [-0.4, -0.2) is 27.5 Å². The van der Waals surface area contributed by atoms with Gasteiger partial charge in [0.05, 0.1) is 13.2 Å². The number of sulfonamides is 1. The minimum Gasteiger partial charge on any atom is -0.495 e. The Morgan fingerprint density at radius 3 is 2.17 bits per heavy atom. The van der Waals surface area contributed by atoms with E-state index in [1.54, 1.807) is 19.9 Å². The molecule has 0 saturated heterocycles. The van der Waals surface area contributed by atoms with Crippen molar-refractivity contribution >= 4 is 15.9 Å². The van der Waals surface area contributed by atoms with E-state index in [-0.39, 0.29) is 34.2 Å². The molecule has 0 saturated carbocycles. The molecule has 1 atom stereocenters. The van der Waals surface area contributed by atoms with E-state index in [4.69, 9.17) is 4.74 Å². The molecule has 158 valence electrons. The summed E-state index contributed by atoms with van der Waals surface area (Å²) in [5.41, 5.74) is 4.74. The molecule has 29 heavy (non-hydrogen) atoms. The lowest BCUT2D eigenvalue weighted by atomic mass is 9.96. The van der Waals surface area contributed by atoms with E-state index in [1.807, 2.05) is 20.8 Å². The SMILES string of the molecule is COc1ccc(C(=O)N[C@@H](C)c2cc(C)c(C)cc2C)cc1S(=O)(=O)NC(C)C. The number of hydrogen-bond acceptors (Lipinski definition) is 4. The predicted molar refractivity (Wildman–Crippen MR) is 115 cm³/mol. The van der Waals surface area contributed by atoms with Crippen molar-refractivity contribution in [3.8, 4) is 5.75 Å². The predicted octanol–water partition coefficient (Wildman–Crippen LogP) is 3.80. The summed E-state index contributed by atoms with van der Waals surface area (Å²) in [6, 6.07) is 8.07. The van der Waals surface area contributed by atoms with Crippen molar-refractivity contribution in [2.45, 2.75) is 58.5 Å². The summed E-state index contributed by atoms with van der Waals surface area (Å²) in [5, 5.41) is 2.96. The Morgan fingerprint density at radius 1 is 0.966 bits per heavy atom. The van der Waals surface area contributed by atoms with E-state index in [1.165, 1.54) is 24.8 Å². The summed E-state index contributed by atoms with van der Waals surface area (Å²) in [4.78, 5) is 12.8. The highest BCUT2D eigenvalue weighted by Crippen LogP contribution is 2.26. The average molecular weight is 419 g/mol. The van der Waals surface area contributed by atoms with Crippen LogP contribution in [0.3, 0.4) is 0 Å². The fourth-order valence-corrected chi connectivity index (χ4v) is 4.65. The van der Waals surface area contributed by atoms with Crippen molar-refractivity contribution in [1.82, 2.24) is 10.0 Å². The quantitative estimate of drug-likeness (QED) is 0.716. The molecule has 2 rings (SSSR count). The van der Waals surface area contributed by atoms with Gasteiger partial charge in [0.15, 0.2) is 0 Å². The van der Waals surface area contributed by atoms with Crippen LogP contribution in [-0.2, 0) is 10.0 Å². The van der Waals surface area contributed by atoms with Gasteiger partial charge in [0.2, 0.25) is 10.0 Å². The van der Waals surface area contributed by atoms with E-state index < -0.39 is 10.0 Å². The number of benzene rings is 2. The summed E-state index contributed by atoms with van der Waals surface area (Å²) in [6.45, 7) is 11.5. The minimum absolute atomic E-state index is 0.0589. The molecule has 7 heteroatoms. The van der Waals surface area contributed by atoms with Gasteiger partial charge in [0.25, 0.3) is 5.91 Å². The molecule has 0 aromatic heterocycles. The molecule has 0 heterocycles. The normalized spacial score (nSPS) is 12.7. The number of nitrogens with one attached hydrogen (secondary N) is 2. The molecule has 0 radical (unpaired) electrons. The van der Waals surface area contributed by atoms with E-state index >= 15 is 0 Å². The smallest absolute Gasteiger partial charge is 0.251 e. The molecular formula is C22H30N2O4S. The van der Waals surface area contributed by atoms with Gasteiger partial charge < -0.3 is 10.1 Å². The van der Waals surface area contributed by atoms with Crippen LogP contribution in [0.4, 0.5) is 0 Å². The third-order valence-corrected chi connectivity index (χ3v) is 6.48. The Labute approximate surface area is 173 Å². The van der Waals surface area contributed by atoms with E-state index in [0.717, 1.165) is 16.7 Å². The number of rotatable bonds is 7. The number of carbonyl (C=O) groups is 1. The second kappa shape index (κ2) is 8.97. The van der Waals surface area contributed by atoms with Crippen LogP contribution in [0.5, 0.6) is 5.75 Å². The summed E-state index contributed by atoms with van der Waals surface area (Å²) >= 11 is 0. The van der Waals surface area contributed by atoms with Crippen LogP contribution in [0, 0.1) is 20.8 Å². The summed E-state index contributed by atoms with van der Waals surface area (Å²) in [6.07, 6.45) is 0. The molecular weight excluding hydrogens is 388 g/mol. The van der Waals surface area contributed by atoms with Gasteiger partial charge in [-0.15, -0.1) is 0 Å². The molecule has 0 bridgehead atoms. The highest BCUT2D eigenvalue weighted by molar-refractivity contribution is 7.89. The topological polar surface area (TPSA) is 84.5 Å². The Bertz CT molecular complexity index is 1010. The lowest BCUT2D eigenvalue weighted by Crippen LogP contribution is -2.31. The van der Waals surface area contributed by atoms with E-state index in [2.05, 4.69) is 29.1 Å². The van der Waals surface area contributed by atoms with Crippen molar-refractivity contribution in [3.63, 3.8) is 0 Å². The van der Waals surface area contributed by atoms with Crippen LogP contribution in [0.25, 0.3) is 0 Å². The first-order chi connectivity index (χ1) is 13.5. The van der Waals surface area contributed by atoms with Crippen LogP contribution < -0.4 is 14.8 Å². The zero-order valence-electron chi connectivity index (χ0n) is 18.1. The van der Waals surface area contributed by atoms with Gasteiger partial charge in [0.1, 0.15) is 10.6 Å². The number of aryl methyl sites for hydroxylation is 3. The maximum atomic E-state index is 12.8. The zero-order chi connectivity index (χ0) is 21.9. The maximum Gasteiger partial charge on any atom is 0.251 e. The van der Waals surface area contributed by atoms with Crippen molar-refractivity contribution in [2.24, 2.45) is 0 Å². The standard InChI is InChI=1S/C22H30N2O4S/c1-13(2)24-29(26,27)21-12-18(8-9-20(21)28-7)22(25)23-17(6)19-11-15(4)14(3)10-16(19)5/h8-13,17,24H,1-7H3,(H,23,25)/t17-/m0/s1. The minimum atomic E-state index is -3.81. The second-order valence-electron chi connectivity index (χ2n) is 7.63. The molecule has 0 unspecified atom stereocenters. The lowest BCUT2D eigenvalue weighted by Gasteiger charge is -2.19. The van der Waals surface area contributed by atoms with Crippen LogP contribution >= 0.6 is 0 Å². The van der Waals surface area contributed by atoms with Gasteiger partial charge in [-0.1, -0.05) is 12.1 Å². The van der Waals surface area contributed by atoms with E-state index in [9.17, 15) is 13.2 Å². The molecule has 0 aliphatic rings. The zero-order valence-corrected chi connectivity index (χ0v) is 18.9. The monoisotopic (exact) mass is 418 g/mol. The number of amides is 1. The van der Waals surface area contributed by atoms with Gasteiger partial charge in [-0.05, 0) is 82.0 Å². The third kappa shape index (κ3) is 5.36. The highest BCUT2D eigenvalue weighted by Gasteiger charge is 2.23. The largest absolute Gasteiger partial charge is 0.495 e. The molecule has 0 fully saturated rings. The first kappa shape index (κ1) is 22.9. The Kier molecular flexibility index (Phi) is 7.08. The number of methoxy groups -OCH3 is 1. The Hall–Kier alpha value is -2.38. The van der Waals surface area contributed by atoms with Crippen molar-refractivity contribution < 1.29 is 17.9 Å². The fourth-order valence-electron chi connectivity index (χ4n) is 3.21. The Balaban J connectivity index is 2.34. The second-order valence-corrected chi connectivity index (χ2v) is 9.31. The average Bonchev–Trinajstić information content (AvgIpc) is 2.62. The molecule has 2 aromatic carbocycles. The van der Waals surface area contributed by atoms with Gasteiger partial charge in [0, 0.05) is 11.6 Å². The molecule has 6 nitrogen and oxygen atoms in total. The fraction of sp³-hybridized carbons (Fsp3) is 0.409. The Morgan fingerprint density at radius 2 is 1.59 bits per heavy atom. The molecule has 0 aliphatic carbocycles. The highest BCUT2D eigenvalue weighted by atomic mass is 32.2. The van der Waals surface area contributed by atoms with Crippen LogP contribution in [0.2, 0.25) is 0 Å². The van der Waals surface area contributed by atoms with Crippen molar-refractivity contribution in [3.05, 3.63) is 58.1 Å². The first-order valence-electron chi connectivity index (χ1n) is 9.55. The van der Waals surface area contributed by atoms with Gasteiger partial charge >= 0.3 is 0 Å². The maximum absolute atomic E-state index is 12.8. The summed E-state index contributed by atoms with van der Waals surface area (Å²) in [7, 11) is -2.41. The van der Waals surface area contributed by atoms with Crippen LogP contribution in [0.1, 0.15) is 59.4 Å². The summed E-state index contributed by atoms with van der Waals surface area (Å²) in [5.74, 6) is -0.161. The van der Waals surface area contributed by atoms with Crippen molar-refractivity contribution in [1.29, 1.82) is 0 Å². The molecule has 2 aromatic rings. The first-order valence-corrected chi connectivity index (χ1v) is 11.0. The molecule has 0 aliphatic heterocycles. The number of ether oxygens (including phenoxy) is 1. The van der Waals surface area contributed by atoms with Gasteiger partial charge in [-0.25, -0.2) is 13.1 Å².